The molecule has 2 heterocycles. The van der Waals surface area contributed by atoms with E-state index >= 15 is 0 Å². The number of ether oxygens (including phenoxy) is 2. The number of aromatic nitrogens is 1. The minimum Gasteiger partial charge on any atom is -0.504 e. The number of rotatable bonds is 16. The van der Waals surface area contributed by atoms with Crippen LogP contribution in [0.1, 0.15) is 94.7 Å². The first kappa shape index (κ1) is 33.2. The molecule has 240 valence electrons. The zero-order valence-corrected chi connectivity index (χ0v) is 26.8. The molecule has 0 saturated heterocycles. The van der Waals surface area contributed by atoms with E-state index in [-0.39, 0.29) is 29.3 Å². The molecule has 1 saturated carbocycles. The molecule has 44 heavy (non-hydrogen) atoms. The largest absolute Gasteiger partial charge is 0.504 e. The van der Waals surface area contributed by atoms with Crippen molar-refractivity contribution >= 4 is 11.8 Å². The van der Waals surface area contributed by atoms with Gasteiger partial charge in [0, 0.05) is 38.7 Å². The quantitative estimate of drug-likeness (QED) is 0.163. The predicted molar refractivity (Wildman–Crippen MR) is 173 cm³/mol. The van der Waals surface area contributed by atoms with E-state index in [0.717, 1.165) is 43.6 Å². The van der Waals surface area contributed by atoms with Gasteiger partial charge in [0.1, 0.15) is 11.9 Å². The normalized spacial score (nSPS) is 17.5. The highest BCUT2D eigenvalue weighted by Gasteiger charge is 2.36. The van der Waals surface area contributed by atoms with E-state index in [1.54, 1.807) is 18.2 Å². The van der Waals surface area contributed by atoms with Gasteiger partial charge in [0.15, 0.2) is 11.5 Å². The number of H-pyrrole nitrogens is 1. The third-order valence-corrected chi connectivity index (χ3v) is 9.53. The summed E-state index contributed by atoms with van der Waals surface area (Å²) in [7, 11) is 1.50. The number of benzene rings is 1. The van der Waals surface area contributed by atoms with Crippen LogP contribution in [-0.4, -0.2) is 41.6 Å². The average molecular weight is 606 g/mol. The molecular formula is C36H51N3O5. The number of nitrogens with one attached hydrogen (secondary N) is 2. The fraction of sp³-hybridized carbons (Fsp3) is 0.556. The predicted octanol–water partition coefficient (Wildman–Crippen LogP) is 6.42. The smallest absolute Gasteiger partial charge is 0.302 e. The first-order chi connectivity index (χ1) is 21.2. The van der Waals surface area contributed by atoms with Gasteiger partial charge in [-0.15, -0.1) is 0 Å². The van der Waals surface area contributed by atoms with E-state index in [1.807, 2.05) is 0 Å². The maximum atomic E-state index is 12.9. The molecule has 2 aliphatic rings. The number of aromatic hydroxyl groups is 1. The van der Waals surface area contributed by atoms with Gasteiger partial charge in [-0.1, -0.05) is 44.7 Å². The molecule has 2 atom stereocenters. The Morgan fingerprint density at radius 3 is 2.59 bits per heavy atom. The third kappa shape index (κ3) is 9.16. The molecular weight excluding hydrogens is 554 g/mol. The number of phenolic OH excluding ortho intramolecular Hbond substituents is 1. The van der Waals surface area contributed by atoms with Gasteiger partial charge in [0.05, 0.1) is 12.9 Å². The number of carbonyl (C=O) groups is 2. The summed E-state index contributed by atoms with van der Waals surface area (Å²) >= 11 is 0. The Bertz CT molecular complexity index is 1320. The minimum atomic E-state index is -0.427. The fourth-order valence-electron chi connectivity index (χ4n) is 7.01. The summed E-state index contributed by atoms with van der Waals surface area (Å²) in [5, 5.41) is 13.1. The summed E-state index contributed by atoms with van der Waals surface area (Å²) < 4.78 is 10.8. The Hall–Kier alpha value is -3.68. The molecule has 0 bridgehead atoms. The molecule has 8 nitrogen and oxygen atoms in total. The Balaban J connectivity index is 1.36. The van der Waals surface area contributed by atoms with E-state index in [2.05, 4.69) is 41.8 Å². The van der Waals surface area contributed by atoms with Gasteiger partial charge >= 0.3 is 5.97 Å². The van der Waals surface area contributed by atoms with Gasteiger partial charge in [0.2, 0.25) is 0 Å². The maximum Gasteiger partial charge on any atom is 0.302 e. The number of hydrogen-bond donors (Lipinski definition) is 4. The lowest BCUT2D eigenvalue weighted by Crippen LogP contribution is -2.33. The molecule has 0 spiro atoms. The maximum absolute atomic E-state index is 12.9. The number of esters is 1. The van der Waals surface area contributed by atoms with E-state index in [1.165, 1.54) is 62.8 Å². The first-order valence-corrected chi connectivity index (χ1v) is 16.3. The molecule has 0 unspecified atom stereocenters. The lowest BCUT2D eigenvalue weighted by Gasteiger charge is -2.40. The van der Waals surface area contributed by atoms with Crippen LogP contribution >= 0.6 is 0 Å². The van der Waals surface area contributed by atoms with Crippen LogP contribution in [0.3, 0.4) is 0 Å². The number of Topliss-reactive ketones (excluding diaryl/α,β-unsaturated/α-hetero) is 1. The van der Waals surface area contributed by atoms with E-state index in [4.69, 9.17) is 15.2 Å². The Kier molecular flexibility index (Phi) is 12.0. The van der Waals surface area contributed by atoms with Gasteiger partial charge in [-0.25, -0.2) is 0 Å². The summed E-state index contributed by atoms with van der Waals surface area (Å²) in [5.41, 5.74) is 11.3. The molecule has 1 fully saturated rings. The van der Waals surface area contributed by atoms with Crippen molar-refractivity contribution in [1.29, 1.82) is 0 Å². The number of dihydropyridines is 1. The number of methoxy groups -OCH3 is 1. The second kappa shape index (κ2) is 15.9. The average Bonchev–Trinajstić information content (AvgIpc) is 3.44. The summed E-state index contributed by atoms with van der Waals surface area (Å²) in [6, 6.07) is 5.12. The number of ketones is 1. The van der Waals surface area contributed by atoms with Crippen LogP contribution in [-0.2, 0) is 33.6 Å². The van der Waals surface area contributed by atoms with Gasteiger partial charge < -0.3 is 30.6 Å². The molecule has 1 aromatic carbocycles. The Morgan fingerprint density at radius 2 is 1.89 bits per heavy atom. The van der Waals surface area contributed by atoms with Gasteiger partial charge in [-0.2, -0.15) is 0 Å². The molecule has 1 aromatic heterocycles. The van der Waals surface area contributed by atoms with E-state index in [0.29, 0.717) is 30.9 Å². The molecule has 8 heteroatoms. The van der Waals surface area contributed by atoms with Crippen molar-refractivity contribution in [2.75, 3.05) is 13.7 Å². The SMILES string of the molecule is CC[C@H](CC[C@H](CC(=O)CCc1ccc(O)c(OC)c1)OC(C)=O)Cc1c[nH]cc1CC1(C2=CCNC(N)=C2)CCCCC1. The number of hydrogen-bond acceptors (Lipinski definition) is 7. The first-order valence-electron chi connectivity index (χ1n) is 16.3. The molecule has 1 aliphatic carbocycles. The van der Waals surface area contributed by atoms with E-state index in [9.17, 15) is 14.7 Å². The number of aromatic amines is 1. The molecule has 4 rings (SSSR count). The number of allylic oxidation sites excluding steroid dienone is 2. The monoisotopic (exact) mass is 605 g/mol. The molecule has 2 aromatic rings. The highest BCUT2D eigenvalue weighted by molar-refractivity contribution is 5.79. The van der Waals surface area contributed by atoms with Crippen molar-refractivity contribution in [3.8, 4) is 11.5 Å². The second-order valence-electron chi connectivity index (χ2n) is 12.7. The number of carbonyl (C=O) groups excluding carboxylic acids is 2. The standard InChI is InChI=1S/C36H51N3O5/c1-4-26(9-12-32(44-25(2)40)21-31(41)11-8-27-10-13-33(42)34(19-27)43-3)18-28-23-38-24-29(28)22-36(15-6-5-7-16-36)30-14-17-39-35(37)20-30/h10,13-14,19-20,23-24,26,32,38-39,42H,4-9,11-12,15-18,21-22,37H2,1-3H3/t26-,32-/m1/s1. The number of aryl methyl sites for hydroxylation is 1. The van der Waals surface area contributed by atoms with Crippen molar-refractivity contribution in [3.63, 3.8) is 0 Å². The van der Waals surface area contributed by atoms with Gasteiger partial charge in [-0.3, -0.25) is 9.59 Å². The highest BCUT2D eigenvalue weighted by atomic mass is 16.5. The van der Waals surface area contributed by atoms with Crippen LogP contribution in [0.5, 0.6) is 11.5 Å². The topological polar surface area (TPSA) is 127 Å². The fourth-order valence-corrected chi connectivity index (χ4v) is 7.01. The van der Waals surface area contributed by atoms with Crippen LogP contribution in [0.15, 0.2) is 54.1 Å². The van der Waals surface area contributed by atoms with Crippen molar-refractivity contribution in [2.45, 2.75) is 103 Å². The second-order valence-corrected chi connectivity index (χ2v) is 12.7. The third-order valence-electron chi connectivity index (χ3n) is 9.53. The zero-order chi connectivity index (χ0) is 31.5. The zero-order valence-electron chi connectivity index (χ0n) is 26.8. The van der Waals surface area contributed by atoms with Crippen molar-refractivity contribution in [2.24, 2.45) is 17.1 Å². The molecule has 0 radical (unpaired) electrons. The van der Waals surface area contributed by atoms with Gasteiger partial charge in [-0.05, 0) is 96.8 Å². The number of phenols is 1. The molecule has 1 aliphatic heterocycles. The van der Waals surface area contributed by atoms with Crippen LogP contribution in [0.2, 0.25) is 0 Å². The Labute approximate surface area is 262 Å². The summed E-state index contributed by atoms with van der Waals surface area (Å²) in [6.45, 7) is 4.41. The van der Waals surface area contributed by atoms with Gasteiger partial charge in [0.25, 0.3) is 0 Å². The van der Waals surface area contributed by atoms with Crippen molar-refractivity contribution in [1.82, 2.24) is 10.3 Å². The number of nitrogens with two attached hydrogens (primary N) is 1. The van der Waals surface area contributed by atoms with Crippen LogP contribution in [0, 0.1) is 11.3 Å². The Morgan fingerprint density at radius 1 is 1.11 bits per heavy atom. The summed E-state index contributed by atoms with van der Waals surface area (Å²) in [6.07, 6.45) is 20.1. The lowest BCUT2D eigenvalue weighted by atomic mass is 9.65. The molecule has 0 amide bonds. The van der Waals surface area contributed by atoms with Crippen LogP contribution < -0.4 is 15.8 Å². The highest BCUT2D eigenvalue weighted by Crippen LogP contribution is 2.46. The van der Waals surface area contributed by atoms with Crippen LogP contribution in [0.25, 0.3) is 0 Å². The van der Waals surface area contributed by atoms with Crippen LogP contribution in [0.4, 0.5) is 0 Å². The molecule has 5 N–H and O–H groups in total. The van der Waals surface area contributed by atoms with Crippen molar-refractivity contribution in [3.05, 3.63) is 70.8 Å². The minimum absolute atomic E-state index is 0.0592. The lowest BCUT2D eigenvalue weighted by molar-refractivity contribution is -0.148. The van der Waals surface area contributed by atoms with E-state index < -0.39 is 6.10 Å². The summed E-state index contributed by atoms with van der Waals surface area (Å²) in [5.74, 6) is 1.34. The van der Waals surface area contributed by atoms with Crippen molar-refractivity contribution < 1.29 is 24.2 Å². The summed E-state index contributed by atoms with van der Waals surface area (Å²) in [4.78, 5) is 28.2.